The number of carbonyl (C=O) groups is 1. The average molecular weight is 313 g/mol. The number of amides is 1. The lowest BCUT2D eigenvalue weighted by molar-refractivity contribution is 0.0947. The molecule has 1 heterocycles. The van der Waals surface area contributed by atoms with Crippen molar-refractivity contribution in [3.63, 3.8) is 0 Å². The number of nitrogen functional groups attached to an aromatic ring is 1. The number of carbonyl (C=O) groups excluding carboxylic acids is 1. The largest absolute Gasteiger partial charge is 0.352 e. The Morgan fingerprint density at radius 2 is 2.39 bits per heavy atom. The van der Waals surface area contributed by atoms with Crippen molar-refractivity contribution < 1.29 is 4.79 Å². The van der Waals surface area contributed by atoms with E-state index < -0.39 is 0 Å². The van der Waals surface area contributed by atoms with E-state index in [0.29, 0.717) is 23.8 Å². The summed E-state index contributed by atoms with van der Waals surface area (Å²) in [7, 11) is 0. The minimum atomic E-state index is -0.149. The van der Waals surface area contributed by atoms with Crippen molar-refractivity contribution in [3.8, 4) is 0 Å². The summed E-state index contributed by atoms with van der Waals surface area (Å²) in [5, 5.41) is 2.93. The lowest BCUT2D eigenvalue weighted by atomic mass is 10.1. The molecule has 98 valence electrons. The second kappa shape index (κ2) is 5.67. The Labute approximate surface area is 115 Å². The van der Waals surface area contributed by atoms with E-state index in [9.17, 15) is 4.79 Å². The smallest absolute Gasteiger partial charge is 0.255 e. The number of aromatic nitrogens is 1. The van der Waals surface area contributed by atoms with Crippen LogP contribution in [0.4, 0.5) is 5.82 Å². The molecule has 6 heteroatoms. The van der Waals surface area contributed by atoms with Crippen LogP contribution in [-0.2, 0) is 0 Å². The van der Waals surface area contributed by atoms with Crippen molar-refractivity contribution in [2.45, 2.75) is 19.8 Å². The van der Waals surface area contributed by atoms with Crippen LogP contribution in [0.3, 0.4) is 0 Å². The topological polar surface area (TPSA) is 80.0 Å². The molecule has 18 heavy (non-hydrogen) atoms. The number of hydrazine groups is 1. The Kier molecular flexibility index (Phi) is 4.19. The maximum atomic E-state index is 12.1. The van der Waals surface area contributed by atoms with Crippen LogP contribution in [0.1, 0.15) is 30.1 Å². The summed E-state index contributed by atoms with van der Waals surface area (Å²) in [4.78, 5) is 16.1. The molecule has 0 aromatic carbocycles. The number of hydrogen-bond donors (Lipinski definition) is 3. The highest BCUT2D eigenvalue weighted by molar-refractivity contribution is 9.10. The van der Waals surface area contributed by atoms with Gasteiger partial charge >= 0.3 is 0 Å². The lowest BCUT2D eigenvalue weighted by Crippen LogP contribution is -2.30. The average Bonchev–Trinajstić information content (AvgIpc) is 3.19. The second-order valence-corrected chi connectivity index (χ2v) is 5.63. The van der Waals surface area contributed by atoms with E-state index in [1.807, 2.05) is 0 Å². The zero-order valence-electron chi connectivity index (χ0n) is 10.2. The van der Waals surface area contributed by atoms with E-state index in [1.165, 1.54) is 12.8 Å². The monoisotopic (exact) mass is 312 g/mol. The van der Waals surface area contributed by atoms with Crippen molar-refractivity contribution in [2.75, 3.05) is 12.0 Å². The fraction of sp³-hybridized carbons (Fsp3) is 0.500. The molecule has 2 rings (SSSR count). The first-order valence-electron chi connectivity index (χ1n) is 6.02. The van der Waals surface area contributed by atoms with Gasteiger partial charge in [0.15, 0.2) is 5.82 Å². The van der Waals surface area contributed by atoms with Crippen LogP contribution in [-0.4, -0.2) is 17.4 Å². The Balaban J connectivity index is 2.00. The number of halogens is 1. The number of nitrogens with zero attached hydrogens (tertiary/aromatic N) is 1. The van der Waals surface area contributed by atoms with Crippen LogP contribution < -0.4 is 16.6 Å². The molecule has 1 saturated carbocycles. The van der Waals surface area contributed by atoms with Crippen molar-refractivity contribution in [1.82, 2.24) is 10.3 Å². The molecule has 1 amide bonds. The first kappa shape index (κ1) is 13.3. The van der Waals surface area contributed by atoms with Crippen molar-refractivity contribution >= 4 is 27.7 Å². The van der Waals surface area contributed by atoms with Gasteiger partial charge in [0.2, 0.25) is 0 Å². The number of pyridine rings is 1. The van der Waals surface area contributed by atoms with Gasteiger partial charge in [-0.05, 0) is 46.7 Å². The van der Waals surface area contributed by atoms with E-state index in [0.717, 1.165) is 10.4 Å². The van der Waals surface area contributed by atoms with E-state index >= 15 is 0 Å². The fourth-order valence-corrected chi connectivity index (χ4v) is 2.24. The molecule has 0 aliphatic heterocycles. The van der Waals surface area contributed by atoms with E-state index in [1.54, 1.807) is 12.3 Å². The minimum absolute atomic E-state index is 0.149. The van der Waals surface area contributed by atoms with Crippen LogP contribution >= 0.6 is 15.9 Å². The SMILES string of the molecule is CC(CNC(=O)c1cc(Br)cnc1NN)C1CC1. The number of anilines is 1. The molecule has 1 fully saturated rings. The first-order chi connectivity index (χ1) is 8.61. The fourth-order valence-electron chi connectivity index (χ4n) is 1.91. The molecule has 5 nitrogen and oxygen atoms in total. The van der Waals surface area contributed by atoms with Gasteiger partial charge in [-0.3, -0.25) is 4.79 Å². The highest BCUT2D eigenvalue weighted by Crippen LogP contribution is 2.36. The Bertz CT molecular complexity index is 448. The summed E-state index contributed by atoms with van der Waals surface area (Å²) >= 11 is 3.30. The molecule has 0 radical (unpaired) electrons. The first-order valence-corrected chi connectivity index (χ1v) is 6.81. The van der Waals surface area contributed by atoms with Gasteiger partial charge in [-0.25, -0.2) is 10.8 Å². The van der Waals surface area contributed by atoms with Gasteiger partial charge in [-0.1, -0.05) is 6.92 Å². The van der Waals surface area contributed by atoms with E-state index in [-0.39, 0.29) is 5.91 Å². The zero-order valence-corrected chi connectivity index (χ0v) is 11.8. The minimum Gasteiger partial charge on any atom is -0.352 e. The molecule has 1 aliphatic carbocycles. The Hall–Kier alpha value is -1.14. The summed E-state index contributed by atoms with van der Waals surface area (Å²) in [5.41, 5.74) is 2.89. The van der Waals surface area contributed by atoms with Gasteiger partial charge < -0.3 is 10.7 Å². The standard InChI is InChI=1S/C12H17BrN4O/c1-7(8-2-3-8)5-16-12(18)10-4-9(13)6-15-11(10)17-14/h4,6-8H,2-3,5,14H2,1H3,(H,15,17)(H,16,18). The zero-order chi connectivity index (χ0) is 13.1. The predicted molar refractivity (Wildman–Crippen MR) is 74.0 cm³/mol. The molecular weight excluding hydrogens is 296 g/mol. The Morgan fingerprint density at radius 1 is 1.67 bits per heavy atom. The maximum Gasteiger partial charge on any atom is 0.255 e. The normalized spacial score (nSPS) is 16.2. The van der Waals surface area contributed by atoms with Crippen molar-refractivity contribution in [1.29, 1.82) is 0 Å². The summed E-state index contributed by atoms with van der Waals surface area (Å²) in [6.45, 7) is 2.86. The second-order valence-electron chi connectivity index (χ2n) is 4.72. The molecular formula is C12H17BrN4O. The van der Waals surface area contributed by atoms with Gasteiger partial charge in [0.1, 0.15) is 0 Å². The van der Waals surface area contributed by atoms with E-state index in [2.05, 4.69) is 38.6 Å². The van der Waals surface area contributed by atoms with Crippen molar-refractivity contribution in [2.24, 2.45) is 17.7 Å². The van der Waals surface area contributed by atoms with Gasteiger partial charge in [0.05, 0.1) is 5.56 Å². The van der Waals surface area contributed by atoms with Crippen LogP contribution in [0, 0.1) is 11.8 Å². The van der Waals surface area contributed by atoms with Gasteiger partial charge in [-0.15, -0.1) is 0 Å². The van der Waals surface area contributed by atoms with Gasteiger partial charge in [0.25, 0.3) is 5.91 Å². The predicted octanol–water partition coefficient (Wildman–Crippen LogP) is 1.91. The van der Waals surface area contributed by atoms with Crippen LogP contribution in [0.5, 0.6) is 0 Å². The number of hydrogen-bond acceptors (Lipinski definition) is 4. The highest BCUT2D eigenvalue weighted by atomic mass is 79.9. The lowest BCUT2D eigenvalue weighted by Gasteiger charge is -2.13. The molecule has 4 N–H and O–H groups in total. The van der Waals surface area contributed by atoms with Crippen LogP contribution in [0.2, 0.25) is 0 Å². The van der Waals surface area contributed by atoms with Gasteiger partial charge in [0, 0.05) is 17.2 Å². The third-order valence-corrected chi connectivity index (χ3v) is 3.68. The van der Waals surface area contributed by atoms with Gasteiger partial charge in [-0.2, -0.15) is 0 Å². The maximum absolute atomic E-state index is 12.1. The quantitative estimate of drug-likeness (QED) is 0.573. The highest BCUT2D eigenvalue weighted by Gasteiger charge is 2.28. The molecule has 0 spiro atoms. The molecule has 1 aromatic rings. The third kappa shape index (κ3) is 3.20. The molecule has 1 atom stereocenters. The summed E-state index contributed by atoms with van der Waals surface area (Å²) in [6.07, 6.45) is 4.16. The molecule has 1 aliphatic rings. The summed E-state index contributed by atoms with van der Waals surface area (Å²) in [5.74, 6) is 6.89. The van der Waals surface area contributed by atoms with Crippen LogP contribution in [0.15, 0.2) is 16.7 Å². The molecule has 0 saturated heterocycles. The molecule has 1 unspecified atom stereocenters. The Morgan fingerprint density at radius 3 is 3.00 bits per heavy atom. The molecule has 1 aromatic heterocycles. The third-order valence-electron chi connectivity index (χ3n) is 3.25. The molecule has 0 bridgehead atoms. The number of nitrogens with two attached hydrogens (primary N) is 1. The van der Waals surface area contributed by atoms with E-state index in [4.69, 9.17) is 5.84 Å². The number of nitrogens with one attached hydrogen (secondary N) is 2. The summed E-state index contributed by atoms with van der Waals surface area (Å²) in [6, 6.07) is 1.71. The van der Waals surface area contributed by atoms with Crippen LogP contribution in [0.25, 0.3) is 0 Å². The summed E-state index contributed by atoms with van der Waals surface area (Å²) < 4.78 is 0.752. The van der Waals surface area contributed by atoms with Crippen molar-refractivity contribution in [3.05, 3.63) is 22.3 Å². The number of rotatable bonds is 5.